The van der Waals surface area contributed by atoms with Crippen LogP contribution in [0.4, 0.5) is 0 Å². The highest BCUT2D eigenvalue weighted by Gasteiger charge is 2.63. The maximum Gasteiger partial charge on any atom is 0.189 e. The van der Waals surface area contributed by atoms with Crippen LogP contribution in [0.2, 0.25) is 0 Å². The number of aliphatic hydroxyl groups excluding tert-OH is 13. The van der Waals surface area contributed by atoms with E-state index in [2.05, 4.69) is 19.9 Å². The standard InChI is InChI=1S/C50H80O23/c1-19(18-66-45-38(61)35(58)33(56)29(16-51)69-45)6-9-27(53)20(2)31-28(54)15-26-24-8-7-22-14-23(10-12-49(22,4)25(24)11-13-50(26,31)5)68-48-43(72-47-40(63)36(59)37(60)44(65)73-47)41(64)42(30(17-52)70-48)71-46-39(62)34(57)32(55)21(3)67-46/h7,19-21,23-26,29-48,51-52,55-65H,6,8-18H2,1-5H3/t19-,20+,21-,23?,24+,25-,26-,29+,30+,31+,32-,33+,34+,35-,36+,37+,38+,39+,40+,41-,42+,43+,44+,45+,46+,47-,48+,49-,50-/m0/s1. The average molecular weight is 1050 g/mol. The van der Waals surface area contributed by atoms with Crippen molar-refractivity contribution in [2.24, 2.45) is 46.3 Å². The molecule has 3 saturated carbocycles. The Kier molecular flexibility index (Phi) is 18.0. The molecule has 4 aliphatic carbocycles. The van der Waals surface area contributed by atoms with Crippen LogP contribution < -0.4 is 0 Å². The molecular formula is C50H80O23. The molecule has 4 saturated heterocycles. The van der Waals surface area contributed by atoms with Gasteiger partial charge in [0.1, 0.15) is 97.0 Å². The van der Waals surface area contributed by atoms with E-state index in [9.17, 15) is 76.0 Å². The summed E-state index contributed by atoms with van der Waals surface area (Å²) in [5.41, 5.74) is 0.493. The van der Waals surface area contributed by atoms with Gasteiger partial charge in [-0.3, -0.25) is 9.59 Å². The minimum Gasteiger partial charge on any atom is -0.394 e. The summed E-state index contributed by atoms with van der Waals surface area (Å²) < 4.78 is 46.8. The molecule has 0 bridgehead atoms. The molecule has 8 aliphatic rings. The average Bonchev–Trinajstić information content (AvgIpc) is 3.64. The maximum absolute atomic E-state index is 14.1. The zero-order valence-electron chi connectivity index (χ0n) is 42.0. The summed E-state index contributed by atoms with van der Waals surface area (Å²) >= 11 is 0. The van der Waals surface area contributed by atoms with Gasteiger partial charge in [-0.1, -0.05) is 39.3 Å². The molecule has 0 aromatic rings. The highest BCUT2D eigenvalue weighted by Crippen LogP contribution is 2.66. The van der Waals surface area contributed by atoms with Gasteiger partial charge in [0.15, 0.2) is 31.5 Å². The van der Waals surface area contributed by atoms with Crippen LogP contribution in [0.1, 0.15) is 92.4 Å². The number of aliphatic hydroxyl groups is 13. The summed E-state index contributed by atoms with van der Waals surface area (Å²) in [6.45, 7) is 8.34. The van der Waals surface area contributed by atoms with Crippen LogP contribution >= 0.6 is 0 Å². The number of rotatable bonds is 16. The van der Waals surface area contributed by atoms with Crippen LogP contribution in [0, 0.1) is 46.3 Å². The van der Waals surface area contributed by atoms with Crippen molar-refractivity contribution in [1.82, 2.24) is 0 Å². The lowest BCUT2D eigenvalue weighted by Crippen LogP contribution is -2.66. The molecule has 0 aromatic heterocycles. The lowest BCUT2D eigenvalue weighted by Gasteiger charge is -2.58. The minimum absolute atomic E-state index is 0.0164. The number of hydrogen-bond acceptors (Lipinski definition) is 23. The summed E-state index contributed by atoms with van der Waals surface area (Å²) in [6, 6.07) is 0. The van der Waals surface area contributed by atoms with Crippen LogP contribution in [-0.2, 0) is 47.5 Å². The first-order valence-corrected chi connectivity index (χ1v) is 26.1. The lowest BCUT2D eigenvalue weighted by atomic mass is 9.47. The van der Waals surface area contributed by atoms with E-state index in [1.807, 2.05) is 13.8 Å². The van der Waals surface area contributed by atoms with Gasteiger partial charge in [0.05, 0.1) is 32.0 Å². The number of allylic oxidation sites excluding steroid dienone is 1. The highest BCUT2D eigenvalue weighted by molar-refractivity contribution is 5.92. The van der Waals surface area contributed by atoms with E-state index < -0.39 is 160 Å². The van der Waals surface area contributed by atoms with Crippen molar-refractivity contribution in [2.45, 2.75) is 222 Å². The Morgan fingerprint density at radius 2 is 1.29 bits per heavy atom. The maximum atomic E-state index is 14.1. The number of ketones is 2. The fourth-order valence-corrected chi connectivity index (χ4v) is 13.8. The number of Topliss-reactive ketones (excluding diaryl/α,β-unsaturated/α-hetero) is 2. The van der Waals surface area contributed by atoms with Crippen LogP contribution in [-0.4, -0.2) is 227 Å². The largest absolute Gasteiger partial charge is 0.394 e. The van der Waals surface area contributed by atoms with Crippen molar-refractivity contribution in [3.05, 3.63) is 11.6 Å². The van der Waals surface area contributed by atoms with Crippen molar-refractivity contribution < 1.29 is 114 Å². The van der Waals surface area contributed by atoms with Crippen molar-refractivity contribution >= 4 is 11.6 Å². The SMILES string of the molecule is C[C@@H](CCC(=O)[C@@H](C)[C@@H]1C(=O)C[C@H]2[C@@H]3CC=C4CC(O[C@@H]5O[C@H](CO)[C@@H](O[C@H]6O[C@@H](C)[C@H](O)[C@@H](O)[C@H]6O)[C@H](O)[C@H]5O[C@H]5O[C@@H](O)[C@H](O)[C@@H](O)[C@H]5O)CC[C@]4(C)[C@H]3CC[C@@]21C)CO[C@@H]1O[C@H](CO)[C@@H](O)[C@H](O)[C@H]1O. The predicted molar refractivity (Wildman–Crippen MR) is 245 cm³/mol. The molecule has 0 spiro atoms. The van der Waals surface area contributed by atoms with Gasteiger partial charge in [-0.05, 0) is 86.4 Å². The van der Waals surface area contributed by atoms with Crippen LogP contribution in [0.3, 0.4) is 0 Å². The third-order valence-electron chi connectivity index (χ3n) is 18.3. The lowest BCUT2D eigenvalue weighted by molar-refractivity contribution is -0.400. The van der Waals surface area contributed by atoms with Crippen molar-refractivity contribution in [3.63, 3.8) is 0 Å². The number of carbonyl (C=O) groups is 2. The summed E-state index contributed by atoms with van der Waals surface area (Å²) in [5, 5.41) is 136. The summed E-state index contributed by atoms with van der Waals surface area (Å²) in [6.07, 6.45) is -25.3. The third-order valence-corrected chi connectivity index (χ3v) is 18.3. The van der Waals surface area contributed by atoms with Crippen molar-refractivity contribution in [3.8, 4) is 0 Å². The molecule has 73 heavy (non-hydrogen) atoms. The molecule has 7 fully saturated rings. The molecule has 13 N–H and O–H groups in total. The van der Waals surface area contributed by atoms with Gasteiger partial charge in [-0.25, -0.2) is 0 Å². The fraction of sp³-hybridized carbons (Fsp3) is 0.920. The Morgan fingerprint density at radius 3 is 1.97 bits per heavy atom. The van der Waals surface area contributed by atoms with Gasteiger partial charge < -0.3 is 104 Å². The fourth-order valence-electron chi connectivity index (χ4n) is 13.8. The van der Waals surface area contributed by atoms with Crippen molar-refractivity contribution in [1.29, 1.82) is 0 Å². The van der Waals surface area contributed by atoms with E-state index >= 15 is 0 Å². The predicted octanol–water partition coefficient (Wildman–Crippen LogP) is -3.00. The Hall–Kier alpha value is -1.76. The van der Waals surface area contributed by atoms with E-state index in [0.717, 1.165) is 18.4 Å². The molecule has 8 rings (SSSR count). The van der Waals surface area contributed by atoms with E-state index in [1.54, 1.807) is 0 Å². The quantitative estimate of drug-likeness (QED) is 0.0685. The number of fused-ring (bicyclic) bond motifs is 5. The highest BCUT2D eigenvalue weighted by atomic mass is 16.8. The first-order chi connectivity index (χ1) is 34.4. The van der Waals surface area contributed by atoms with Crippen molar-refractivity contribution in [2.75, 3.05) is 19.8 Å². The van der Waals surface area contributed by atoms with Gasteiger partial charge in [0.2, 0.25) is 0 Å². The molecule has 0 amide bonds. The summed E-state index contributed by atoms with van der Waals surface area (Å²) in [7, 11) is 0. The van der Waals surface area contributed by atoms with Crippen LogP contribution in [0.25, 0.3) is 0 Å². The third kappa shape index (κ3) is 10.9. The zero-order valence-corrected chi connectivity index (χ0v) is 42.0. The van der Waals surface area contributed by atoms with E-state index in [4.69, 9.17) is 37.9 Å². The molecule has 418 valence electrons. The molecule has 4 aliphatic heterocycles. The van der Waals surface area contributed by atoms with Gasteiger partial charge >= 0.3 is 0 Å². The Labute approximate surface area is 423 Å². The monoisotopic (exact) mass is 1050 g/mol. The second-order valence-corrected chi connectivity index (χ2v) is 22.8. The molecule has 4 heterocycles. The molecule has 0 radical (unpaired) electrons. The second-order valence-electron chi connectivity index (χ2n) is 22.8. The Morgan fingerprint density at radius 1 is 0.671 bits per heavy atom. The number of carbonyl (C=O) groups excluding carboxylic acids is 2. The first kappa shape index (κ1) is 57.4. The Balaban J connectivity index is 0.916. The molecule has 23 nitrogen and oxygen atoms in total. The second kappa shape index (κ2) is 22.9. The van der Waals surface area contributed by atoms with Gasteiger partial charge in [0.25, 0.3) is 0 Å². The molecule has 23 heteroatoms. The first-order valence-electron chi connectivity index (χ1n) is 26.1. The topological polar surface area (TPSA) is 371 Å². The van der Waals surface area contributed by atoms with E-state index in [1.165, 1.54) is 6.92 Å². The number of hydrogen-bond donors (Lipinski definition) is 13. The van der Waals surface area contributed by atoms with E-state index in [-0.39, 0.29) is 53.7 Å². The molecule has 0 aromatic carbocycles. The molecule has 1 unspecified atom stereocenters. The van der Waals surface area contributed by atoms with Crippen LogP contribution in [0.5, 0.6) is 0 Å². The van der Waals surface area contributed by atoms with Gasteiger partial charge in [-0.2, -0.15) is 0 Å². The minimum atomic E-state index is -2.00. The van der Waals surface area contributed by atoms with Gasteiger partial charge in [-0.15, -0.1) is 0 Å². The Bertz CT molecular complexity index is 1930. The van der Waals surface area contributed by atoms with Crippen LogP contribution in [0.15, 0.2) is 11.6 Å². The normalized spacial score (nSPS) is 51.1. The molecule has 29 atom stereocenters. The summed E-state index contributed by atoms with van der Waals surface area (Å²) in [5.74, 6) is -0.557. The molecular weight excluding hydrogens is 969 g/mol. The smallest absolute Gasteiger partial charge is 0.189 e. The number of ether oxygens (including phenoxy) is 8. The van der Waals surface area contributed by atoms with E-state index in [0.29, 0.717) is 38.5 Å². The summed E-state index contributed by atoms with van der Waals surface area (Å²) in [4.78, 5) is 28.0. The zero-order chi connectivity index (χ0) is 53.2. The van der Waals surface area contributed by atoms with Gasteiger partial charge in [0, 0.05) is 24.7 Å².